The van der Waals surface area contributed by atoms with Gasteiger partial charge in [-0.25, -0.2) is 17.9 Å². The molecule has 0 heterocycles. The molecule has 0 spiro atoms. The van der Waals surface area contributed by atoms with Gasteiger partial charge in [0.1, 0.15) is 5.54 Å². The van der Waals surface area contributed by atoms with Gasteiger partial charge in [0, 0.05) is 18.7 Å². The second kappa shape index (κ2) is 7.24. The number of nitrogens with one attached hydrogen (secondary N) is 1. The Morgan fingerprint density at radius 3 is 2.37 bits per heavy atom. The van der Waals surface area contributed by atoms with Crippen LogP contribution in [0.1, 0.15) is 60.9 Å². The van der Waals surface area contributed by atoms with E-state index in [1.807, 2.05) is 0 Å². The molecule has 0 saturated heterocycles. The molecule has 1 amide bonds. The molecule has 2 saturated carbocycles. The van der Waals surface area contributed by atoms with E-state index in [1.54, 1.807) is 13.0 Å². The number of hydrogen-bond acceptors (Lipinski definition) is 4. The minimum Gasteiger partial charge on any atom is -0.479 e. The number of hydrogen-bond donors (Lipinski definition) is 2. The van der Waals surface area contributed by atoms with E-state index in [1.165, 1.54) is 24.1 Å². The van der Waals surface area contributed by atoms with Crippen molar-refractivity contribution in [3.05, 3.63) is 29.3 Å². The number of benzene rings is 1. The van der Waals surface area contributed by atoms with Crippen molar-refractivity contribution in [1.29, 1.82) is 0 Å². The first-order valence-corrected chi connectivity index (χ1v) is 10.8. The summed E-state index contributed by atoms with van der Waals surface area (Å²) in [6, 6.07) is 4.40. The third kappa shape index (κ3) is 3.87. The number of carbonyl (C=O) groups is 2. The highest BCUT2D eigenvalue weighted by Gasteiger charge is 2.46. The quantitative estimate of drug-likeness (QED) is 0.770. The zero-order valence-corrected chi connectivity index (χ0v) is 16.5. The lowest BCUT2D eigenvalue weighted by molar-refractivity contribution is -0.151. The molecule has 0 radical (unpaired) electrons. The fourth-order valence-corrected chi connectivity index (χ4v) is 5.02. The Morgan fingerprint density at radius 2 is 1.81 bits per heavy atom. The molecule has 2 aliphatic carbocycles. The molecule has 3 rings (SSSR count). The van der Waals surface area contributed by atoms with Gasteiger partial charge in [0.15, 0.2) is 0 Å². The maximum absolute atomic E-state index is 13.1. The number of sulfonamides is 1. The van der Waals surface area contributed by atoms with Crippen LogP contribution in [0.3, 0.4) is 0 Å². The largest absolute Gasteiger partial charge is 0.479 e. The molecule has 2 fully saturated rings. The van der Waals surface area contributed by atoms with Gasteiger partial charge in [-0.2, -0.15) is 0 Å². The third-order valence-corrected chi connectivity index (χ3v) is 7.19. The van der Waals surface area contributed by atoms with Crippen molar-refractivity contribution < 1.29 is 23.1 Å². The van der Waals surface area contributed by atoms with Crippen LogP contribution in [0.5, 0.6) is 0 Å². The zero-order valence-electron chi connectivity index (χ0n) is 15.7. The van der Waals surface area contributed by atoms with E-state index in [0.717, 1.165) is 32.1 Å². The molecule has 27 heavy (non-hydrogen) atoms. The van der Waals surface area contributed by atoms with Crippen LogP contribution in [0.2, 0.25) is 0 Å². The second-order valence-electron chi connectivity index (χ2n) is 7.63. The number of amides is 1. The SMILES string of the molecule is Cc1ccc(S(=O)(=O)NC2CC2)cc1C(=O)N(C)C1(C(=O)O)CCCCC1. The van der Waals surface area contributed by atoms with E-state index in [9.17, 15) is 23.1 Å². The Labute approximate surface area is 159 Å². The maximum Gasteiger partial charge on any atom is 0.329 e. The predicted octanol–water partition coefficient (Wildman–Crippen LogP) is 2.30. The van der Waals surface area contributed by atoms with Crippen LogP contribution in [0.15, 0.2) is 23.1 Å². The van der Waals surface area contributed by atoms with Gasteiger partial charge < -0.3 is 10.0 Å². The molecule has 1 aromatic carbocycles. The molecule has 7 nitrogen and oxygen atoms in total. The summed E-state index contributed by atoms with van der Waals surface area (Å²) < 4.78 is 27.6. The topological polar surface area (TPSA) is 104 Å². The minimum atomic E-state index is -3.69. The number of carbonyl (C=O) groups excluding carboxylic acids is 1. The number of carboxylic acids is 1. The molecular weight excluding hydrogens is 368 g/mol. The van der Waals surface area contributed by atoms with Gasteiger partial charge >= 0.3 is 5.97 Å². The number of likely N-dealkylation sites (N-methyl/N-ethyl adjacent to an activating group) is 1. The number of aliphatic carboxylic acids is 1. The maximum atomic E-state index is 13.1. The van der Waals surface area contributed by atoms with Gasteiger partial charge in [-0.3, -0.25) is 4.79 Å². The number of rotatable bonds is 6. The highest BCUT2D eigenvalue weighted by molar-refractivity contribution is 7.89. The van der Waals surface area contributed by atoms with Gasteiger partial charge in [0.2, 0.25) is 10.0 Å². The molecule has 2 aliphatic rings. The summed E-state index contributed by atoms with van der Waals surface area (Å²) >= 11 is 0. The normalized spacial score (nSPS) is 19.5. The molecule has 0 atom stereocenters. The molecule has 1 aromatic rings. The van der Waals surface area contributed by atoms with Crippen LogP contribution in [-0.4, -0.2) is 48.9 Å². The van der Waals surface area contributed by atoms with Crippen molar-refractivity contribution in [3.63, 3.8) is 0 Å². The highest BCUT2D eigenvalue weighted by Crippen LogP contribution is 2.34. The summed E-state index contributed by atoms with van der Waals surface area (Å²) in [5.74, 6) is -1.46. The molecule has 0 bridgehead atoms. The Bertz CT molecular complexity index is 855. The third-order valence-electron chi connectivity index (χ3n) is 5.67. The van der Waals surface area contributed by atoms with Crippen LogP contribution >= 0.6 is 0 Å². The fraction of sp³-hybridized carbons (Fsp3) is 0.579. The summed E-state index contributed by atoms with van der Waals surface area (Å²) in [6.07, 6.45) is 4.92. The Balaban J connectivity index is 1.93. The summed E-state index contributed by atoms with van der Waals surface area (Å²) in [5.41, 5.74) is -0.390. The smallest absolute Gasteiger partial charge is 0.329 e. The van der Waals surface area contributed by atoms with Gasteiger partial charge in [0.05, 0.1) is 4.90 Å². The molecule has 0 unspecified atom stereocenters. The first-order valence-electron chi connectivity index (χ1n) is 9.32. The van der Waals surface area contributed by atoms with E-state index >= 15 is 0 Å². The first kappa shape index (κ1) is 19.8. The Morgan fingerprint density at radius 1 is 1.19 bits per heavy atom. The molecule has 2 N–H and O–H groups in total. The van der Waals surface area contributed by atoms with Gasteiger partial charge in [0.25, 0.3) is 5.91 Å². The van der Waals surface area contributed by atoms with Crippen molar-refractivity contribution in [1.82, 2.24) is 9.62 Å². The second-order valence-corrected chi connectivity index (χ2v) is 9.35. The molecule has 0 aromatic heterocycles. The summed E-state index contributed by atoms with van der Waals surface area (Å²) in [6.45, 7) is 1.72. The van der Waals surface area contributed by atoms with Gasteiger partial charge in [-0.1, -0.05) is 25.3 Å². The summed E-state index contributed by atoms with van der Waals surface area (Å²) in [7, 11) is -2.18. The van der Waals surface area contributed by atoms with Crippen LogP contribution in [0, 0.1) is 6.92 Å². The standard InChI is InChI=1S/C19H26N2O5S/c1-13-6-9-15(27(25,26)20-14-7-8-14)12-16(13)17(22)21(2)19(18(23)24)10-4-3-5-11-19/h6,9,12,14,20H,3-5,7-8,10-11H2,1-2H3,(H,23,24). The van der Waals surface area contributed by atoms with Crippen molar-refractivity contribution >= 4 is 21.9 Å². The van der Waals surface area contributed by atoms with Crippen molar-refractivity contribution in [2.75, 3.05) is 7.05 Å². The van der Waals surface area contributed by atoms with E-state index in [2.05, 4.69) is 4.72 Å². The Kier molecular flexibility index (Phi) is 5.31. The van der Waals surface area contributed by atoms with E-state index < -0.39 is 27.4 Å². The average molecular weight is 394 g/mol. The van der Waals surface area contributed by atoms with Crippen LogP contribution in [-0.2, 0) is 14.8 Å². The van der Waals surface area contributed by atoms with Gasteiger partial charge in [-0.05, 0) is 50.3 Å². The molecule has 0 aliphatic heterocycles. The van der Waals surface area contributed by atoms with Crippen molar-refractivity contribution in [2.45, 2.75) is 68.3 Å². The lowest BCUT2D eigenvalue weighted by Gasteiger charge is -2.41. The van der Waals surface area contributed by atoms with Crippen LogP contribution in [0.25, 0.3) is 0 Å². The van der Waals surface area contributed by atoms with E-state index in [4.69, 9.17) is 0 Å². The Hall–Kier alpha value is -1.93. The van der Waals surface area contributed by atoms with E-state index in [0.29, 0.717) is 18.4 Å². The predicted molar refractivity (Wildman–Crippen MR) is 100 cm³/mol. The molecule has 8 heteroatoms. The highest BCUT2D eigenvalue weighted by atomic mass is 32.2. The molecule has 148 valence electrons. The first-order chi connectivity index (χ1) is 12.7. The number of carboxylic acid groups (broad SMARTS) is 1. The lowest BCUT2D eigenvalue weighted by Crippen LogP contribution is -2.56. The van der Waals surface area contributed by atoms with Crippen molar-refractivity contribution in [3.8, 4) is 0 Å². The fourth-order valence-electron chi connectivity index (χ4n) is 3.69. The zero-order chi connectivity index (χ0) is 19.8. The minimum absolute atomic E-state index is 0.0318. The van der Waals surface area contributed by atoms with Crippen LogP contribution in [0.4, 0.5) is 0 Å². The van der Waals surface area contributed by atoms with E-state index in [-0.39, 0.29) is 16.5 Å². The lowest BCUT2D eigenvalue weighted by atomic mass is 9.80. The van der Waals surface area contributed by atoms with Crippen LogP contribution < -0.4 is 4.72 Å². The monoisotopic (exact) mass is 394 g/mol. The number of nitrogens with zero attached hydrogens (tertiary/aromatic N) is 1. The summed E-state index contributed by atoms with van der Waals surface area (Å²) in [4.78, 5) is 26.5. The number of aryl methyl sites for hydroxylation is 1. The van der Waals surface area contributed by atoms with Crippen molar-refractivity contribution in [2.24, 2.45) is 0 Å². The average Bonchev–Trinajstić information content (AvgIpc) is 3.44. The molecular formula is C19H26N2O5S. The summed E-state index contributed by atoms with van der Waals surface area (Å²) in [5, 5.41) is 9.81. The van der Waals surface area contributed by atoms with Gasteiger partial charge in [-0.15, -0.1) is 0 Å².